The molecule has 0 radical (unpaired) electrons. The Kier molecular flexibility index (Phi) is 16.6. The minimum absolute atomic E-state index is 0.0493. The summed E-state index contributed by atoms with van der Waals surface area (Å²) in [6.07, 6.45) is 2.19. The van der Waals surface area contributed by atoms with Crippen molar-refractivity contribution in [3.63, 3.8) is 0 Å². The van der Waals surface area contributed by atoms with E-state index < -0.39 is 12.3 Å². The zero-order valence-corrected chi connectivity index (χ0v) is 23.3. The summed E-state index contributed by atoms with van der Waals surface area (Å²) in [7, 11) is 1.63. The van der Waals surface area contributed by atoms with Crippen LogP contribution in [0.25, 0.3) is 0 Å². The molecule has 2 aromatic rings. The molecule has 2 unspecified atom stereocenters. The first-order chi connectivity index (χ1) is 19.7. The second kappa shape index (κ2) is 19.7. The molecule has 0 bridgehead atoms. The molecule has 0 spiro atoms. The van der Waals surface area contributed by atoms with Gasteiger partial charge in [-0.3, -0.25) is 9.80 Å². The van der Waals surface area contributed by atoms with Crippen molar-refractivity contribution < 1.29 is 48.1 Å². The Labute approximate surface area is 238 Å². The fraction of sp³-hybridized carbons (Fsp3) is 0.448. The Morgan fingerprint density at radius 1 is 0.732 bits per heavy atom. The molecule has 2 fully saturated rings. The first kappa shape index (κ1) is 34.7. The lowest BCUT2D eigenvalue weighted by molar-refractivity contribution is -0.193. The highest BCUT2D eigenvalue weighted by molar-refractivity contribution is 5.69. The molecule has 2 heterocycles. The summed E-state index contributed by atoms with van der Waals surface area (Å²) in [5.74, 6) is 0. The number of aliphatic hydroxyl groups is 1. The summed E-state index contributed by atoms with van der Waals surface area (Å²) >= 11 is 0. The minimum atomic E-state index is -0.701. The molecule has 0 aliphatic carbocycles. The Bertz CT molecular complexity index is 1080. The van der Waals surface area contributed by atoms with Crippen molar-refractivity contribution in [2.45, 2.75) is 77.3 Å². The first-order valence-corrected chi connectivity index (χ1v) is 12.9. The van der Waals surface area contributed by atoms with Crippen molar-refractivity contribution >= 4 is 24.5 Å². The van der Waals surface area contributed by atoms with E-state index in [4.69, 9.17) is 33.4 Å². The van der Waals surface area contributed by atoms with Crippen LogP contribution in [0.2, 0.25) is 0 Å². The van der Waals surface area contributed by atoms with Gasteiger partial charge in [0.1, 0.15) is 25.7 Å². The molecule has 2 aliphatic rings. The van der Waals surface area contributed by atoms with Gasteiger partial charge in [0.05, 0.1) is 0 Å². The van der Waals surface area contributed by atoms with E-state index in [0.717, 1.165) is 30.4 Å². The maximum absolute atomic E-state index is 12.0. The van der Waals surface area contributed by atoms with Crippen molar-refractivity contribution in [2.75, 3.05) is 7.11 Å². The maximum Gasteiger partial charge on any atom is 0.412 e. The van der Waals surface area contributed by atoms with Gasteiger partial charge in [-0.05, 0) is 50.7 Å². The van der Waals surface area contributed by atoms with Crippen LogP contribution in [0.3, 0.4) is 0 Å². The quantitative estimate of drug-likeness (QED) is 0.560. The van der Waals surface area contributed by atoms with Crippen LogP contribution < -0.4 is 0 Å². The zero-order chi connectivity index (χ0) is 30.6. The molecule has 0 saturated carbocycles. The largest absolute Gasteiger partial charge is 0.444 e. The summed E-state index contributed by atoms with van der Waals surface area (Å²) in [5, 5.41) is 9.65. The third-order valence-corrected chi connectivity index (χ3v) is 6.36. The Morgan fingerprint density at radius 3 is 1.51 bits per heavy atom. The van der Waals surface area contributed by atoms with E-state index in [-0.39, 0.29) is 43.3 Å². The van der Waals surface area contributed by atoms with Crippen molar-refractivity contribution in [2.24, 2.45) is 0 Å². The minimum Gasteiger partial charge on any atom is -0.444 e. The monoisotopic (exact) mass is 572 g/mol. The molecule has 12 nitrogen and oxygen atoms in total. The normalized spacial score (nSPS) is 20.4. The lowest BCUT2D eigenvalue weighted by Gasteiger charge is -2.26. The van der Waals surface area contributed by atoms with E-state index in [1.54, 1.807) is 12.0 Å². The van der Waals surface area contributed by atoms with Crippen LogP contribution in [-0.2, 0) is 46.6 Å². The molecule has 222 valence electrons. The van der Waals surface area contributed by atoms with Gasteiger partial charge in [-0.2, -0.15) is 19.2 Å². The first-order valence-electron chi connectivity index (χ1n) is 12.9. The van der Waals surface area contributed by atoms with E-state index in [2.05, 4.69) is 0 Å². The van der Waals surface area contributed by atoms with Gasteiger partial charge in [-0.1, -0.05) is 60.7 Å². The number of hydrogen-bond acceptors (Lipinski definition) is 10. The van der Waals surface area contributed by atoms with E-state index in [9.17, 15) is 14.7 Å². The number of nitrogens with zero attached hydrogens (tertiary/aromatic N) is 2. The van der Waals surface area contributed by atoms with Crippen LogP contribution in [0.15, 0.2) is 60.7 Å². The van der Waals surface area contributed by atoms with Crippen molar-refractivity contribution in [3.8, 4) is 0 Å². The van der Waals surface area contributed by atoms with Crippen molar-refractivity contribution in [1.82, 2.24) is 9.80 Å². The molecule has 4 rings (SSSR count). The zero-order valence-electron chi connectivity index (χ0n) is 23.3. The fourth-order valence-electron chi connectivity index (χ4n) is 4.33. The number of likely N-dealkylation sites (tertiary alicyclic amines) is 2. The summed E-state index contributed by atoms with van der Waals surface area (Å²) in [6, 6.07) is 19.4. The number of methoxy groups -OCH3 is 1. The Morgan fingerprint density at radius 2 is 1.12 bits per heavy atom. The highest BCUT2D eigenvalue weighted by Crippen LogP contribution is 2.25. The van der Waals surface area contributed by atoms with Crippen LogP contribution in [0.1, 0.15) is 50.7 Å². The van der Waals surface area contributed by atoms with E-state index in [1.165, 1.54) is 4.90 Å². The molecule has 2 amide bonds. The number of rotatable bonds is 5. The molecular formula is C29H36N2O10. The lowest BCUT2D eigenvalue weighted by Crippen LogP contribution is -2.41. The maximum atomic E-state index is 12.0. The van der Waals surface area contributed by atoms with Crippen LogP contribution in [0.5, 0.6) is 0 Å². The average Bonchev–Trinajstić information content (AvgIpc) is 3.53. The highest BCUT2D eigenvalue weighted by atomic mass is 16.6. The molecule has 2 aliphatic heterocycles. The predicted molar refractivity (Wildman–Crippen MR) is 141 cm³/mol. The predicted octanol–water partition coefficient (Wildman–Crippen LogP) is 3.74. The van der Waals surface area contributed by atoms with Gasteiger partial charge in [-0.25, -0.2) is 9.59 Å². The Balaban J connectivity index is 0.000000345. The smallest absolute Gasteiger partial charge is 0.412 e. The molecule has 4 atom stereocenters. The van der Waals surface area contributed by atoms with Crippen LogP contribution >= 0.6 is 0 Å². The standard InChI is InChI=1S/C14H19NO3.C13H17NO3.2CO2/c1-11-8-9-13(17-2)15(11)14(16)18-10-12-6-4-3-5-7-12;1-10-7-8-12(15)14(10)13(16)17-9-11-5-3-2-4-6-11;2*2-1-3/h3-7,11,13H,8-10H2,1-2H3;2-6,10,12,15H,7-9H2,1H3;;/t11-,13?;10-,12?;;/m11../s1. The van der Waals surface area contributed by atoms with Crippen molar-refractivity contribution in [3.05, 3.63) is 71.8 Å². The molecular weight excluding hydrogens is 536 g/mol. The van der Waals surface area contributed by atoms with Gasteiger partial charge in [0, 0.05) is 19.2 Å². The molecule has 2 aromatic carbocycles. The number of ether oxygens (including phenoxy) is 3. The second-order valence-corrected chi connectivity index (χ2v) is 9.09. The fourth-order valence-corrected chi connectivity index (χ4v) is 4.33. The van der Waals surface area contributed by atoms with Gasteiger partial charge in [-0.15, -0.1) is 0 Å². The van der Waals surface area contributed by atoms with Gasteiger partial charge < -0.3 is 19.3 Å². The third-order valence-electron chi connectivity index (χ3n) is 6.36. The molecule has 2 saturated heterocycles. The summed E-state index contributed by atoms with van der Waals surface area (Å²) in [5.41, 5.74) is 1.94. The second-order valence-electron chi connectivity index (χ2n) is 9.09. The number of carbonyl (C=O) groups excluding carboxylic acids is 6. The molecule has 12 heteroatoms. The molecule has 41 heavy (non-hydrogen) atoms. The van der Waals surface area contributed by atoms with E-state index in [1.807, 2.05) is 74.5 Å². The molecule has 0 aromatic heterocycles. The molecule has 1 N–H and O–H groups in total. The van der Waals surface area contributed by atoms with Crippen LogP contribution in [-0.4, -0.2) is 71.0 Å². The highest BCUT2D eigenvalue weighted by Gasteiger charge is 2.35. The summed E-state index contributed by atoms with van der Waals surface area (Å²) in [4.78, 5) is 59.4. The summed E-state index contributed by atoms with van der Waals surface area (Å²) < 4.78 is 15.8. The van der Waals surface area contributed by atoms with Gasteiger partial charge in [0.2, 0.25) is 0 Å². The number of hydrogen-bond donors (Lipinski definition) is 1. The number of amides is 2. The lowest BCUT2D eigenvalue weighted by atomic mass is 10.2. The average molecular weight is 573 g/mol. The number of aliphatic hydroxyl groups excluding tert-OH is 1. The number of benzene rings is 2. The number of carbonyl (C=O) groups is 2. The topological polar surface area (TPSA) is 157 Å². The van der Waals surface area contributed by atoms with E-state index in [0.29, 0.717) is 13.0 Å². The van der Waals surface area contributed by atoms with Gasteiger partial charge in [0.15, 0.2) is 0 Å². The van der Waals surface area contributed by atoms with Crippen molar-refractivity contribution in [1.29, 1.82) is 0 Å². The van der Waals surface area contributed by atoms with Gasteiger partial charge in [0.25, 0.3) is 0 Å². The van der Waals surface area contributed by atoms with Crippen LogP contribution in [0.4, 0.5) is 9.59 Å². The summed E-state index contributed by atoms with van der Waals surface area (Å²) in [6.45, 7) is 4.48. The SMILES string of the molecule is COC1CC[C@@H](C)N1C(=O)OCc1ccccc1.C[C@@H]1CCC(O)N1C(=O)OCc1ccccc1.O=C=O.O=C=O. The van der Waals surface area contributed by atoms with E-state index >= 15 is 0 Å². The van der Waals surface area contributed by atoms with Crippen LogP contribution in [0, 0.1) is 0 Å². The Hall–Kier alpha value is -4.34. The third kappa shape index (κ3) is 12.2. The van der Waals surface area contributed by atoms with Gasteiger partial charge >= 0.3 is 24.5 Å².